The molecule has 1 aromatic carbocycles. The van der Waals surface area contributed by atoms with E-state index in [1.165, 1.54) is 11.1 Å². The molecule has 0 aliphatic rings. The maximum atomic E-state index is 12.6. The van der Waals surface area contributed by atoms with Crippen molar-refractivity contribution in [2.75, 3.05) is 5.32 Å². The third-order valence-electron chi connectivity index (χ3n) is 4.38. The lowest BCUT2D eigenvalue weighted by atomic mass is 10.1. The van der Waals surface area contributed by atoms with Crippen molar-refractivity contribution in [3.8, 4) is 0 Å². The van der Waals surface area contributed by atoms with Crippen LogP contribution in [0.2, 0.25) is 0 Å². The number of nitrogens with one attached hydrogen (secondary N) is 1. The summed E-state index contributed by atoms with van der Waals surface area (Å²) in [6.07, 6.45) is 1.87. The Morgan fingerprint density at radius 3 is 2.56 bits per heavy atom. The Kier molecular flexibility index (Phi) is 4.70. The Labute approximate surface area is 147 Å². The number of aryl methyl sites for hydroxylation is 3. The molecule has 0 saturated heterocycles. The van der Waals surface area contributed by atoms with Gasteiger partial charge >= 0.3 is 0 Å². The topological polar surface area (TPSA) is 64.7 Å². The van der Waals surface area contributed by atoms with Crippen molar-refractivity contribution in [2.45, 2.75) is 40.8 Å². The first-order valence-electron chi connectivity index (χ1n) is 8.43. The summed E-state index contributed by atoms with van der Waals surface area (Å²) in [6, 6.07) is 10.0. The van der Waals surface area contributed by atoms with Gasteiger partial charge in [0.1, 0.15) is 0 Å². The van der Waals surface area contributed by atoms with Gasteiger partial charge in [-0.05, 0) is 38.8 Å². The molecule has 2 heterocycles. The summed E-state index contributed by atoms with van der Waals surface area (Å²) in [5.74, 6) is 0.373. The Balaban J connectivity index is 1.74. The molecule has 0 aliphatic heterocycles. The first kappa shape index (κ1) is 17.0. The number of rotatable bonds is 5. The third kappa shape index (κ3) is 3.47. The normalized spacial score (nSPS) is 10.9. The zero-order chi connectivity index (χ0) is 18.0. The van der Waals surface area contributed by atoms with Crippen molar-refractivity contribution in [1.82, 2.24) is 19.6 Å². The third-order valence-corrected chi connectivity index (χ3v) is 4.38. The maximum absolute atomic E-state index is 12.6. The highest BCUT2D eigenvalue weighted by atomic mass is 16.1. The van der Waals surface area contributed by atoms with Crippen LogP contribution in [0.4, 0.5) is 5.82 Å². The molecule has 3 aromatic rings. The molecule has 130 valence electrons. The summed E-state index contributed by atoms with van der Waals surface area (Å²) in [5, 5.41) is 11.7. The quantitative estimate of drug-likeness (QED) is 0.777. The molecule has 1 amide bonds. The molecular formula is C19H23N5O. The van der Waals surface area contributed by atoms with E-state index >= 15 is 0 Å². The molecule has 3 rings (SSSR count). The minimum atomic E-state index is -0.171. The summed E-state index contributed by atoms with van der Waals surface area (Å²) in [7, 11) is 0. The van der Waals surface area contributed by atoms with Crippen molar-refractivity contribution < 1.29 is 4.79 Å². The van der Waals surface area contributed by atoms with Crippen LogP contribution in [-0.2, 0) is 13.1 Å². The molecule has 0 unspecified atom stereocenters. The second-order valence-electron chi connectivity index (χ2n) is 6.14. The zero-order valence-corrected chi connectivity index (χ0v) is 15.1. The van der Waals surface area contributed by atoms with E-state index in [2.05, 4.69) is 34.6 Å². The van der Waals surface area contributed by atoms with Gasteiger partial charge < -0.3 is 5.32 Å². The van der Waals surface area contributed by atoms with E-state index in [0.717, 1.165) is 17.9 Å². The largest absolute Gasteiger partial charge is 0.305 e. The highest BCUT2D eigenvalue weighted by Crippen LogP contribution is 2.16. The van der Waals surface area contributed by atoms with E-state index in [0.29, 0.717) is 17.9 Å². The van der Waals surface area contributed by atoms with Gasteiger partial charge in [-0.3, -0.25) is 14.2 Å². The van der Waals surface area contributed by atoms with Gasteiger partial charge in [-0.25, -0.2) is 0 Å². The van der Waals surface area contributed by atoms with Gasteiger partial charge in [0.05, 0.1) is 17.8 Å². The maximum Gasteiger partial charge on any atom is 0.260 e. The fraction of sp³-hybridized carbons (Fsp3) is 0.316. The fourth-order valence-corrected chi connectivity index (χ4v) is 2.99. The number of aromatic nitrogens is 4. The van der Waals surface area contributed by atoms with Crippen molar-refractivity contribution in [3.63, 3.8) is 0 Å². The highest BCUT2D eigenvalue weighted by molar-refractivity contribution is 6.05. The molecule has 0 bridgehead atoms. The monoisotopic (exact) mass is 337 g/mol. The smallest absolute Gasteiger partial charge is 0.260 e. The van der Waals surface area contributed by atoms with Crippen LogP contribution < -0.4 is 5.32 Å². The zero-order valence-electron chi connectivity index (χ0n) is 15.1. The Morgan fingerprint density at radius 2 is 1.88 bits per heavy atom. The SMILES string of the molecule is CCn1nc(C)c(C(=O)Nc2ccn(Cc3ccccc3C)n2)c1C. The van der Waals surface area contributed by atoms with E-state index in [1.807, 2.05) is 54.5 Å². The predicted molar refractivity (Wildman–Crippen MR) is 97.8 cm³/mol. The van der Waals surface area contributed by atoms with Crippen molar-refractivity contribution in [3.05, 3.63) is 64.6 Å². The molecule has 0 spiro atoms. The number of carbonyl (C=O) groups is 1. The van der Waals surface area contributed by atoms with E-state index < -0.39 is 0 Å². The second-order valence-corrected chi connectivity index (χ2v) is 6.14. The first-order valence-corrected chi connectivity index (χ1v) is 8.43. The summed E-state index contributed by atoms with van der Waals surface area (Å²) in [4.78, 5) is 12.6. The molecule has 6 heteroatoms. The van der Waals surface area contributed by atoms with Crippen LogP contribution in [0.25, 0.3) is 0 Å². The number of anilines is 1. The van der Waals surface area contributed by atoms with Crippen molar-refractivity contribution in [1.29, 1.82) is 0 Å². The summed E-state index contributed by atoms with van der Waals surface area (Å²) in [6.45, 7) is 9.27. The molecule has 0 saturated carbocycles. The highest BCUT2D eigenvalue weighted by Gasteiger charge is 2.18. The van der Waals surface area contributed by atoms with Crippen LogP contribution >= 0.6 is 0 Å². The van der Waals surface area contributed by atoms with Crippen LogP contribution in [0.3, 0.4) is 0 Å². The minimum absolute atomic E-state index is 0.171. The van der Waals surface area contributed by atoms with E-state index in [1.54, 1.807) is 0 Å². The molecule has 0 fully saturated rings. The lowest BCUT2D eigenvalue weighted by Gasteiger charge is -2.06. The van der Waals surface area contributed by atoms with E-state index in [-0.39, 0.29) is 5.91 Å². The Bertz CT molecular complexity index is 906. The Hall–Kier alpha value is -2.89. The average Bonchev–Trinajstić information content (AvgIpc) is 3.13. The van der Waals surface area contributed by atoms with Gasteiger partial charge in [0.2, 0.25) is 0 Å². The van der Waals surface area contributed by atoms with E-state index in [9.17, 15) is 4.79 Å². The van der Waals surface area contributed by atoms with Crippen LogP contribution in [0.1, 0.15) is 39.8 Å². The number of carbonyl (C=O) groups excluding carboxylic acids is 1. The van der Waals surface area contributed by atoms with Crippen LogP contribution in [0, 0.1) is 20.8 Å². The average molecular weight is 337 g/mol. The van der Waals surface area contributed by atoms with Crippen LogP contribution in [0.15, 0.2) is 36.5 Å². The lowest BCUT2D eigenvalue weighted by Crippen LogP contribution is -2.15. The van der Waals surface area contributed by atoms with Gasteiger partial charge in [-0.2, -0.15) is 10.2 Å². The van der Waals surface area contributed by atoms with Crippen molar-refractivity contribution in [2.24, 2.45) is 0 Å². The van der Waals surface area contributed by atoms with Crippen molar-refractivity contribution >= 4 is 11.7 Å². The fourth-order valence-electron chi connectivity index (χ4n) is 2.99. The van der Waals surface area contributed by atoms with Gasteiger partial charge in [-0.1, -0.05) is 24.3 Å². The van der Waals surface area contributed by atoms with E-state index in [4.69, 9.17) is 0 Å². The Morgan fingerprint density at radius 1 is 1.12 bits per heavy atom. The molecule has 0 atom stereocenters. The van der Waals surface area contributed by atoms with Gasteiger partial charge in [-0.15, -0.1) is 0 Å². The minimum Gasteiger partial charge on any atom is -0.305 e. The second kappa shape index (κ2) is 6.93. The molecule has 25 heavy (non-hydrogen) atoms. The molecule has 2 aromatic heterocycles. The number of nitrogens with zero attached hydrogens (tertiary/aromatic N) is 4. The standard InChI is InChI=1S/C19H23N5O/c1-5-24-15(4)18(14(3)21-24)19(25)20-17-10-11-23(22-17)12-16-9-7-6-8-13(16)2/h6-11H,5,12H2,1-4H3,(H,20,22,25). The summed E-state index contributed by atoms with van der Waals surface area (Å²) < 4.78 is 3.66. The van der Waals surface area contributed by atoms with Gasteiger partial charge in [0.25, 0.3) is 5.91 Å². The van der Waals surface area contributed by atoms with Crippen LogP contribution in [-0.4, -0.2) is 25.5 Å². The predicted octanol–water partition coefficient (Wildman–Crippen LogP) is 3.33. The molecule has 0 radical (unpaired) electrons. The molecule has 0 aliphatic carbocycles. The number of hydrogen-bond donors (Lipinski definition) is 1. The van der Waals surface area contributed by atoms with Crippen LogP contribution in [0.5, 0.6) is 0 Å². The number of benzene rings is 1. The van der Waals surface area contributed by atoms with Gasteiger partial charge in [0.15, 0.2) is 5.82 Å². The molecular weight excluding hydrogens is 314 g/mol. The summed E-state index contributed by atoms with van der Waals surface area (Å²) >= 11 is 0. The lowest BCUT2D eigenvalue weighted by molar-refractivity contribution is 0.102. The summed E-state index contributed by atoms with van der Waals surface area (Å²) in [5.41, 5.74) is 4.66. The molecule has 6 nitrogen and oxygen atoms in total. The molecule has 1 N–H and O–H groups in total. The first-order chi connectivity index (χ1) is 12.0. The number of amides is 1. The number of hydrogen-bond acceptors (Lipinski definition) is 3. The van der Waals surface area contributed by atoms with Gasteiger partial charge in [0, 0.05) is 24.5 Å².